The Morgan fingerprint density at radius 2 is 1.63 bits per heavy atom. The number of hydrogen-bond donors (Lipinski definition) is 2. The Balaban J connectivity index is 1.37. The zero-order valence-electron chi connectivity index (χ0n) is 16.0. The van der Waals surface area contributed by atoms with Crippen LogP contribution in [0.25, 0.3) is 0 Å². The number of likely N-dealkylation sites (tertiary alicyclic amines) is 1. The third-order valence-electron chi connectivity index (χ3n) is 4.99. The number of nitrogens with zero attached hydrogens (tertiary/aromatic N) is 2. The lowest BCUT2D eigenvalue weighted by atomic mass is 10.1. The molecule has 0 unspecified atom stereocenters. The summed E-state index contributed by atoms with van der Waals surface area (Å²) in [6.07, 6.45) is 8.08. The van der Waals surface area contributed by atoms with E-state index in [1.807, 2.05) is 24.5 Å². The molecule has 5 heteroatoms. The van der Waals surface area contributed by atoms with Gasteiger partial charge in [-0.3, -0.25) is 9.78 Å². The molecule has 0 bridgehead atoms. The highest BCUT2D eigenvalue weighted by atomic mass is 16.1. The maximum absolute atomic E-state index is 12.1. The molecular formula is C22H30N4O. The van der Waals surface area contributed by atoms with Crippen molar-refractivity contribution in [2.45, 2.75) is 45.3 Å². The van der Waals surface area contributed by atoms with Crippen molar-refractivity contribution in [3.05, 3.63) is 65.5 Å². The normalized spacial score (nSPS) is 14.8. The van der Waals surface area contributed by atoms with Gasteiger partial charge in [0.05, 0.1) is 0 Å². The Labute approximate surface area is 162 Å². The van der Waals surface area contributed by atoms with Crippen molar-refractivity contribution < 1.29 is 4.79 Å². The molecule has 1 saturated heterocycles. The van der Waals surface area contributed by atoms with Gasteiger partial charge < -0.3 is 15.5 Å². The minimum atomic E-state index is 0.141. The third-order valence-corrected chi connectivity index (χ3v) is 4.99. The number of carbonyl (C=O) groups is 1. The SMILES string of the molecule is O=C(CCN1CCCCC1)NCc1cccc(CNCc2ccncc2)c1. The molecule has 1 aliphatic heterocycles. The van der Waals surface area contributed by atoms with Gasteiger partial charge >= 0.3 is 0 Å². The first kappa shape index (κ1) is 19.5. The predicted molar refractivity (Wildman–Crippen MR) is 108 cm³/mol. The van der Waals surface area contributed by atoms with E-state index in [2.05, 4.69) is 44.8 Å². The van der Waals surface area contributed by atoms with Crippen molar-refractivity contribution in [3.8, 4) is 0 Å². The molecule has 3 rings (SSSR count). The second-order valence-electron chi connectivity index (χ2n) is 7.21. The summed E-state index contributed by atoms with van der Waals surface area (Å²) in [5, 5.41) is 6.50. The minimum Gasteiger partial charge on any atom is -0.352 e. The lowest BCUT2D eigenvalue weighted by Crippen LogP contribution is -2.34. The van der Waals surface area contributed by atoms with Gasteiger partial charge in [0.2, 0.25) is 5.91 Å². The second kappa shape index (κ2) is 10.8. The van der Waals surface area contributed by atoms with Gasteiger partial charge in [-0.2, -0.15) is 0 Å². The molecule has 27 heavy (non-hydrogen) atoms. The summed E-state index contributed by atoms with van der Waals surface area (Å²) in [6.45, 7) is 5.38. The molecule has 0 radical (unpaired) electrons. The van der Waals surface area contributed by atoms with Crippen molar-refractivity contribution in [1.29, 1.82) is 0 Å². The van der Waals surface area contributed by atoms with Gasteiger partial charge in [-0.15, -0.1) is 0 Å². The summed E-state index contributed by atoms with van der Waals surface area (Å²) < 4.78 is 0. The van der Waals surface area contributed by atoms with E-state index in [1.165, 1.54) is 30.4 Å². The molecule has 2 aromatic rings. The van der Waals surface area contributed by atoms with Gasteiger partial charge in [-0.05, 0) is 54.8 Å². The largest absolute Gasteiger partial charge is 0.352 e. The van der Waals surface area contributed by atoms with Crippen molar-refractivity contribution in [2.24, 2.45) is 0 Å². The summed E-state index contributed by atoms with van der Waals surface area (Å²) >= 11 is 0. The quantitative estimate of drug-likeness (QED) is 0.716. The van der Waals surface area contributed by atoms with Gasteiger partial charge in [0.15, 0.2) is 0 Å². The van der Waals surface area contributed by atoms with E-state index >= 15 is 0 Å². The van der Waals surface area contributed by atoms with Crippen molar-refractivity contribution >= 4 is 5.91 Å². The first-order valence-electron chi connectivity index (χ1n) is 9.96. The fourth-order valence-electron chi connectivity index (χ4n) is 3.43. The van der Waals surface area contributed by atoms with Crippen LogP contribution in [0.1, 0.15) is 42.4 Å². The van der Waals surface area contributed by atoms with E-state index in [4.69, 9.17) is 0 Å². The number of amides is 1. The molecule has 5 nitrogen and oxygen atoms in total. The lowest BCUT2D eigenvalue weighted by Gasteiger charge is -2.25. The summed E-state index contributed by atoms with van der Waals surface area (Å²) in [7, 11) is 0. The Hall–Kier alpha value is -2.24. The minimum absolute atomic E-state index is 0.141. The van der Waals surface area contributed by atoms with Gasteiger partial charge in [-0.25, -0.2) is 0 Å². The van der Waals surface area contributed by atoms with E-state index in [-0.39, 0.29) is 5.91 Å². The van der Waals surface area contributed by atoms with Crippen LogP contribution < -0.4 is 10.6 Å². The number of piperidine rings is 1. The smallest absolute Gasteiger partial charge is 0.221 e. The third kappa shape index (κ3) is 7.12. The van der Waals surface area contributed by atoms with Crippen LogP contribution in [-0.2, 0) is 24.4 Å². The number of hydrogen-bond acceptors (Lipinski definition) is 4. The first-order valence-corrected chi connectivity index (χ1v) is 9.96. The highest BCUT2D eigenvalue weighted by Crippen LogP contribution is 2.09. The number of pyridine rings is 1. The molecule has 144 valence electrons. The Morgan fingerprint density at radius 3 is 2.41 bits per heavy atom. The molecule has 2 heterocycles. The van der Waals surface area contributed by atoms with Crippen LogP contribution in [0.4, 0.5) is 0 Å². The summed E-state index contributed by atoms with van der Waals surface area (Å²) in [5.41, 5.74) is 3.59. The molecule has 0 saturated carbocycles. The Morgan fingerprint density at radius 1 is 0.926 bits per heavy atom. The number of benzene rings is 1. The average molecular weight is 367 g/mol. The lowest BCUT2D eigenvalue weighted by molar-refractivity contribution is -0.121. The highest BCUT2D eigenvalue weighted by molar-refractivity contribution is 5.76. The van der Waals surface area contributed by atoms with Gasteiger partial charge in [0, 0.05) is 45.0 Å². The van der Waals surface area contributed by atoms with Crippen LogP contribution in [0.3, 0.4) is 0 Å². The standard InChI is InChI=1S/C22H30N4O/c27-22(9-14-26-12-2-1-3-13-26)25-18-21-6-4-5-20(15-21)17-24-16-19-7-10-23-11-8-19/h4-8,10-11,15,24H,1-3,9,12-14,16-18H2,(H,25,27). The zero-order valence-corrected chi connectivity index (χ0v) is 16.0. The van der Waals surface area contributed by atoms with Crippen LogP contribution >= 0.6 is 0 Å². The fourth-order valence-corrected chi connectivity index (χ4v) is 3.43. The Bertz CT molecular complexity index is 698. The number of aromatic nitrogens is 1. The number of rotatable bonds is 9. The van der Waals surface area contributed by atoms with Crippen LogP contribution in [0, 0.1) is 0 Å². The maximum atomic E-state index is 12.1. The molecule has 0 spiro atoms. The highest BCUT2D eigenvalue weighted by Gasteiger charge is 2.11. The summed E-state index contributed by atoms with van der Waals surface area (Å²) in [6, 6.07) is 12.4. The first-order chi connectivity index (χ1) is 13.3. The van der Waals surface area contributed by atoms with E-state index in [0.717, 1.165) is 38.3 Å². The zero-order chi connectivity index (χ0) is 18.7. The van der Waals surface area contributed by atoms with Gasteiger partial charge in [-0.1, -0.05) is 30.7 Å². The predicted octanol–water partition coefficient (Wildman–Crippen LogP) is 2.86. The van der Waals surface area contributed by atoms with E-state index in [0.29, 0.717) is 13.0 Å². The van der Waals surface area contributed by atoms with E-state index in [9.17, 15) is 4.79 Å². The number of nitrogens with one attached hydrogen (secondary N) is 2. The molecule has 1 aromatic carbocycles. The van der Waals surface area contributed by atoms with Crippen molar-refractivity contribution in [2.75, 3.05) is 19.6 Å². The van der Waals surface area contributed by atoms with Crippen LogP contribution in [0.2, 0.25) is 0 Å². The molecule has 0 aliphatic carbocycles. The molecule has 1 fully saturated rings. The monoisotopic (exact) mass is 366 g/mol. The molecule has 1 amide bonds. The fraction of sp³-hybridized carbons (Fsp3) is 0.455. The van der Waals surface area contributed by atoms with Crippen LogP contribution in [-0.4, -0.2) is 35.4 Å². The number of carbonyl (C=O) groups excluding carboxylic acids is 1. The van der Waals surface area contributed by atoms with Gasteiger partial charge in [0.25, 0.3) is 0 Å². The van der Waals surface area contributed by atoms with E-state index < -0.39 is 0 Å². The molecule has 1 aliphatic rings. The average Bonchev–Trinajstić information content (AvgIpc) is 2.73. The van der Waals surface area contributed by atoms with Crippen molar-refractivity contribution in [1.82, 2.24) is 20.5 Å². The Kier molecular flexibility index (Phi) is 7.81. The maximum Gasteiger partial charge on any atom is 0.221 e. The molecule has 0 atom stereocenters. The molecule has 1 aromatic heterocycles. The topological polar surface area (TPSA) is 57.3 Å². The van der Waals surface area contributed by atoms with Crippen molar-refractivity contribution in [3.63, 3.8) is 0 Å². The summed E-state index contributed by atoms with van der Waals surface area (Å²) in [4.78, 5) is 18.6. The van der Waals surface area contributed by atoms with Crippen LogP contribution in [0.15, 0.2) is 48.8 Å². The van der Waals surface area contributed by atoms with Gasteiger partial charge in [0.1, 0.15) is 0 Å². The summed E-state index contributed by atoms with van der Waals surface area (Å²) in [5.74, 6) is 0.141. The molecule has 2 N–H and O–H groups in total. The molecular weight excluding hydrogens is 336 g/mol. The van der Waals surface area contributed by atoms with Crippen LogP contribution in [0.5, 0.6) is 0 Å². The second-order valence-corrected chi connectivity index (χ2v) is 7.21. The van der Waals surface area contributed by atoms with E-state index in [1.54, 1.807) is 0 Å².